The molecule has 0 saturated heterocycles. The number of ketones is 1. The van der Waals surface area contributed by atoms with Crippen LogP contribution in [0.1, 0.15) is 31.2 Å². The third kappa shape index (κ3) is 3.77. The molecule has 1 saturated carbocycles. The Morgan fingerprint density at radius 2 is 1.91 bits per heavy atom. The predicted molar refractivity (Wildman–Crippen MR) is 117 cm³/mol. The number of aromatic nitrogens is 2. The number of methoxy groups -OCH3 is 2. The van der Waals surface area contributed by atoms with Gasteiger partial charge in [0.1, 0.15) is 5.82 Å². The molecular formula is C22H25F2N5O5. The van der Waals surface area contributed by atoms with Crippen molar-refractivity contribution in [1.82, 2.24) is 15.3 Å². The number of hydrogen-bond donors (Lipinski definition) is 2. The molecular weight excluding hydrogens is 452 g/mol. The van der Waals surface area contributed by atoms with Crippen LogP contribution >= 0.6 is 0 Å². The fourth-order valence-corrected chi connectivity index (χ4v) is 4.32. The first-order valence-corrected chi connectivity index (χ1v) is 10.7. The topological polar surface area (TPSA) is 115 Å². The van der Waals surface area contributed by atoms with E-state index in [0.29, 0.717) is 36.7 Å². The van der Waals surface area contributed by atoms with Crippen molar-refractivity contribution >= 4 is 23.5 Å². The fourth-order valence-electron chi connectivity index (χ4n) is 4.32. The van der Waals surface area contributed by atoms with Gasteiger partial charge in [0.05, 0.1) is 20.9 Å². The third-order valence-corrected chi connectivity index (χ3v) is 6.09. The largest absolute Gasteiger partial charge is 0.493 e. The van der Waals surface area contributed by atoms with Crippen LogP contribution in [0.4, 0.5) is 20.5 Å². The summed E-state index contributed by atoms with van der Waals surface area (Å²) in [5.74, 6) is -5.04. The van der Waals surface area contributed by atoms with Crippen molar-refractivity contribution in [2.75, 3.05) is 38.2 Å². The maximum atomic E-state index is 14.9. The Kier molecular flexibility index (Phi) is 6.51. The molecule has 2 aromatic rings. The molecule has 12 heteroatoms. The van der Waals surface area contributed by atoms with Crippen molar-refractivity contribution in [2.45, 2.75) is 37.8 Å². The smallest absolute Gasteiger partial charge is 0.345 e. The number of benzene rings is 1. The van der Waals surface area contributed by atoms with Gasteiger partial charge in [0.2, 0.25) is 23.3 Å². The molecule has 4 rings (SSSR count). The maximum Gasteiger partial charge on any atom is 0.345 e. The van der Waals surface area contributed by atoms with E-state index in [-0.39, 0.29) is 31.0 Å². The molecule has 0 radical (unpaired) electrons. The zero-order chi connectivity index (χ0) is 24.5. The van der Waals surface area contributed by atoms with Gasteiger partial charge in [-0.2, -0.15) is 13.8 Å². The summed E-state index contributed by atoms with van der Waals surface area (Å²) in [6.07, 6.45) is 2.91. The highest BCUT2D eigenvalue weighted by molar-refractivity contribution is 6.12. The number of anilines is 2. The zero-order valence-electron chi connectivity index (χ0n) is 19.0. The molecule has 10 nitrogen and oxygen atoms in total. The summed E-state index contributed by atoms with van der Waals surface area (Å²) >= 11 is 0. The molecule has 2 N–H and O–H groups in total. The second-order valence-electron chi connectivity index (χ2n) is 7.92. The van der Waals surface area contributed by atoms with E-state index in [0.717, 1.165) is 6.07 Å². The van der Waals surface area contributed by atoms with Crippen LogP contribution in [-0.2, 0) is 16.1 Å². The van der Waals surface area contributed by atoms with Crippen LogP contribution in [0.15, 0.2) is 12.3 Å². The van der Waals surface area contributed by atoms with Crippen LogP contribution in [0.2, 0.25) is 0 Å². The Morgan fingerprint density at radius 3 is 2.53 bits per heavy atom. The Balaban J connectivity index is 1.82. The summed E-state index contributed by atoms with van der Waals surface area (Å²) < 4.78 is 45.0. The van der Waals surface area contributed by atoms with Gasteiger partial charge in [-0.1, -0.05) is 0 Å². The summed E-state index contributed by atoms with van der Waals surface area (Å²) in [6.45, 7) is 0.520. The molecule has 0 spiro atoms. The number of Topliss-reactive ketones (excluding diaryl/α,β-unsaturated/α-hetero) is 1. The molecule has 1 atom stereocenters. The maximum absolute atomic E-state index is 14.9. The SMILES string of the molecule is CNc1ncc2c(n1)N(C1(C(=O)Oc3c(F)c(OC)cc(OC)c3F)CCCCC1=O)CNC2. The number of nitrogens with zero attached hydrogens (tertiary/aromatic N) is 3. The first kappa shape index (κ1) is 23.6. The molecule has 2 aliphatic rings. The number of rotatable bonds is 6. The minimum Gasteiger partial charge on any atom is -0.493 e. The van der Waals surface area contributed by atoms with Crippen LogP contribution in [-0.4, -0.2) is 55.2 Å². The van der Waals surface area contributed by atoms with Crippen molar-refractivity contribution in [3.05, 3.63) is 29.5 Å². The number of esters is 1. The number of hydrogen-bond acceptors (Lipinski definition) is 10. The standard InChI is InChI=1S/C22H25F2N5O5/c1-25-21-27-10-12-9-26-11-29(19(12)28-21)22(7-5-4-6-15(22)30)20(31)34-18-16(23)13(32-2)8-14(33-3)17(18)24/h8,10,26H,4-7,9,11H2,1-3H3,(H,25,27,28). The van der Waals surface area contributed by atoms with Gasteiger partial charge in [0.25, 0.3) is 0 Å². The van der Waals surface area contributed by atoms with Gasteiger partial charge in [-0.25, -0.2) is 9.78 Å². The monoisotopic (exact) mass is 477 g/mol. The van der Waals surface area contributed by atoms with Gasteiger partial charge in [-0.15, -0.1) is 0 Å². The first-order chi connectivity index (χ1) is 16.4. The van der Waals surface area contributed by atoms with E-state index in [1.807, 2.05) is 0 Å². The molecule has 1 fully saturated rings. The average Bonchev–Trinajstić information content (AvgIpc) is 2.86. The number of carbonyl (C=O) groups is 2. The van der Waals surface area contributed by atoms with Crippen LogP contribution in [0, 0.1) is 11.6 Å². The second kappa shape index (κ2) is 9.37. The van der Waals surface area contributed by atoms with Crippen LogP contribution < -0.4 is 29.7 Å². The number of ether oxygens (including phenoxy) is 3. The lowest BCUT2D eigenvalue weighted by molar-refractivity contribution is -0.148. The van der Waals surface area contributed by atoms with Crippen molar-refractivity contribution in [1.29, 1.82) is 0 Å². The van der Waals surface area contributed by atoms with E-state index in [4.69, 9.17) is 14.2 Å². The lowest BCUT2D eigenvalue weighted by Crippen LogP contribution is -2.66. The van der Waals surface area contributed by atoms with Gasteiger partial charge >= 0.3 is 5.97 Å². The van der Waals surface area contributed by atoms with Crippen LogP contribution in [0.5, 0.6) is 17.2 Å². The van der Waals surface area contributed by atoms with Crippen molar-refractivity contribution in [2.24, 2.45) is 0 Å². The van der Waals surface area contributed by atoms with Crippen molar-refractivity contribution in [3.8, 4) is 17.2 Å². The van der Waals surface area contributed by atoms with E-state index < -0.39 is 34.7 Å². The lowest BCUT2D eigenvalue weighted by atomic mass is 9.78. The van der Waals surface area contributed by atoms with Crippen molar-refractivity contribution in [3.63, 3.8) is 0 Å². The van der Waals surface area contributed by atoms with E-state index in [1.54, 1.807) is 13.2 Å². The minimum atomic E-state index is -1.84. The molecule has 2 heterocycles. The second-order valence-corrected chi connectivity index (χ2v) is 7.92. The molecule has 0 amide bonds. The fraction of sp³-hybridized carbons (Fsp3) is 0.455. The normalized spacial score (nSPS) is 19.9. The summed E-state index contributed by atoms with van der Waals surface area (Å²) in [5.41, 5.74) is -1.18. The molecule has 1 unspecified atom stereocenters. The Hall–Kier alpha value is -3.54. The van der Waals surface area contributed by atoms with Gasteiger partial charge in [0.15, 0.2) is 22.8 Å². The third-order valence-electron chi connectivity index (χ3n) is 6.09. The minimum absolute atomic E-state index is 0.0923. The van der Waals surface area contributed by atoms with E-state index >= 15 is 0 Å². The van der Waals surface area contributed by atoms with Gasteiger partial charge < -0.3 is 24.4 Å². The molecule has 1 aliphatic heterocycles. The zero-order valence-corrected chi connectivity index (χ0v) is 19.0. The van der Waals surface area contributed by atoms with Crippen LogP contribution in [0.3, 0.4) is 0 Å². The summed E-state index contributed by atoms with van der Waals surface area (Å²) in [7, 11) is 4.01. The average molecular weight is 477 g/mol. The predicted octanol–water partition coefficient (Wildman–Crippen LogP) is 2.17. The van der Waals surface area contributed by atoms with Gasteiger partial charge in [-0.05, 0) is 19.3 Å². The Morgan fingerprint density at radius 1 is 1.21 bits per heavy atom. The number of nitrogens with one attached hydrogen (secondary N) is 2. The number of fused-ring (bicyclic) bond motifs is 1. The number of carbonyl (C=O) groups excluding carboxylic acids is 2. The highest BCUT2D eigenvalue weighted by atomic mass is 19.1. The number of halogens is 2. The van der Waals surface area contributed by atoms with Gasteiger partial charge in [-0.3, -0.25) is 10.1 Å². The Bertz CT molecular complexity index is 1100. The quantitative estimate of drug-likeness (QED) is 0.364. The summed E-state index contributed by atoms with van der Waals surface area (Å²) in [6, 6.07) is 1.00. The molecule has 0 bridgehead atoms. The highest BCUT2D eigenvalue weighted by Gasteiger charge is 2.55. The Labute approximate surface area is 194 Å². The summed E-state index contributed by atoms with van der Waals surface area (Å²) in [5, 5.41) is 5.96. The molecule has 1 aromatic heterocycles. The molecule has 182 valence electrons. The highest BCUT2D eigenvalue weighted by Crippen LogP contribution is 2.41. The van der Waals surface area contributed by atoms with E-state index in [9.17, 15) is 18.4 Å². The molecule has 1 aliphatic carbocycles. The van der Waals surface area contributed by atoms with Crippen molar-refractivity contribution < 1.29 is 32.6 Å². The van der Waals surface area contributed by atoms with E-state index in [1.165, 1.54) is 19.1 Å². The molecule has 34 heavy (non-hydrogen) atoms. The lowest BCUT2D eigenvalue weighted by Gasteiger charge is -2.45. The van der Waals surface area contributed by atoms with E-state index in [2.05, 4.69) is 20.6 Å². The van der Waals surface area contributed by atoms with Gasteiger partial charge in [0, 0.05) is 37.8 Å². The van der Waals surface area contributed by atoms with Crippen LogP contribution in [0.25, 0.3) is 0 Å². The first-order valence-electron chi connectivity index (χ1n) is 10.7. The summed E-state index contributed by atoms with van der Waals surface area (Å²) in [4.78, 5) is 37.2. The molecule has 1 aromatic carbocycles.